The van der Waals surface area contributed by atoms with Crippen LogP contribution in [0.4, 0.5) is 28.4 Å². The smallest absolute Gasteiger partial charge is 0.0775 e. The highest BCUT2D eigenvalue weighted by Gasteiger charge is 2.21. The molecule has 0 spiro atoms. The number of rotatable bonds is 12. The molecule has 0 unspecified atom stereocenters. The van der Waals surface area contributed by atoms with Gasteiger partial charge in [-0.1, -0.05) is 166 Å². The van der Waals surface area contributed by atoms with Crippen LogP contribution in [0.3, 0.4) is 0 Å². The number of para-hydroxylation sites is 2. The highest BCUT2D eigenvalue weighted by Crippen LogP contribution is 2.47. The summed E-state index contributed by atoms with van der Waals surface area (Å²) in [6.07, 6.45) is 8.59. The van der Waals surface area contributed by atoms with Gasteiger partial charge in [0.05, 0.1) is 8.07 Å². The summed E-state index contributed by atoms with van der Waals surface area (Å²) in [5.74, 6) is 0. The summed E-state index contributed by atoms with van der Waals surface area (Å²) in [6, 6.07) is 63.9. The molecule has 0 N–H and O–H groups in total. The lowest BCUT2D eigenvalue weighted by molar-refractivity contribution is 1.20. The van der Waals surface area contributed by atoms with Crippen LogP contribution in [0.1, 0.15) is 0 Å². The first kappa shape index (κ1) is 41.1. The summed E-state index contributed by atoms with van der Waals surface area (Å²) in [7, 11) is -2.67. The number of thiophene rings is 1. The molecule has 0 saturated carbocycles. The Morgan fingerprint density at radius 3 is 1.76 bits per heavy atom. The summed E-state index contributed by atoms with van der Waals surface area (Å²) < 4.78 is 2.62. The van der Waals surface area contributed by atoms with Crippen LogP contribution >= 0.6 is 11.3 Å². The molecule has 0 aliphatic rings. The summed E-state index contributed by atoms with van der Waals surface area (Å²) in [4.78, 5) is 4.72. The van der Waals surface area contributed by atoms with E-state index in [1.54, 1.807) is 0 Å². The largest absolute Gasteiger partial charge is 0.311 e. The predicted molar refractivity (Wildman–Crippen MR) is 282 cm³/mol. The van der Waals surface area contributed by atoms with E-state index < -0.39 is 16.1 Å². The van der Waals surface area contributed by atoms with Crippen molar-refractivity contribution in [2.24, 2.45) is 0 Å². The van der Waals surface area contributed by atoms with Crippen molar-refractivity contribution >= 4 is 103 Å². The van der Waals surface area contributed by atoms with Gasteiger partial charge in [0.2, 0.25) is 0 Å². The molecule has 0 amide bonds. The maximum absolute atomic E-state index is 4.07. The van der Waals surface area contributed by atoms with Crippen molar-refractivity contribution in [3.05, 3.63) is 206 Å². The van der Waals surface area contributed by atoms with Gasteiger partial charge < -0.3 is 9.80 Å². The van der Waals surface area contributed by atoms with Crippen molar-refractivity contribution in [3.63, 3.8) is 0 Å². The number of allylic oxidation sites excluding steroid dienone is 4. The van der Waals surface area contributed by atoms with Crippen LogP contribution in [0, 0.1) is 0 Å². The summed E-state index contributed by atoms with van der Waals surface area (Å²) >= 11 is 1.91. The van der Waals surface area contributed by atoms with Crippen molar-refractivity contribution in [2.45, 2.75) is 45.3 Å². The Hall–Kier alpha value is -6.25. The third-order valence-electron chi connectivity index (χ3n) is 11.7. The SMILES string of the molecule is C=C/C=C(\C=C/C[Si](C)(C)C)N(c1ccccc1)c1ccc(-c2ccc3c(c2)c2ccccc2c2c4ccc(N(c5ccccc5)c5ccc([Si](C)(C)C)cc5)cc4sc32)cc1. The molecule has 0 radical (unpaired) electrons. The van der Waals surface area contributed by atoms with Crippen LogP contribution in [-0.2, 0) is 0 Å². The van der Waals surface area contributed by atoms with Crippen LogP contribution in [0.2, 0.25) is 45.3 Å². The van der Waals surface area contributed by atoms with E-state index in [1.165, 1.54) is 63.7 Å². The van der Waals surface area contributed by atoms with Gasteiger partial charge in [0.25, 0.3) is 0 Å². The number of hydrogen-bond acceptors (Lipinski definition) is 3. The molecular weight excluding hydrogens is 801 g/mol. The molecule has 9 aromatic rings. The third kappa shape index (κ3) is 8.24. The Kier molecular flexibility index (Phi) is 11.2. The van der Waals surface area contributed by atoms with Crippen LogP contribution in [0.15, 0.2) is 206 Å². The Balaban J connectivity index is 1.13. The average molecular weight is 855 g/mol. The maximum Gasteiger partial charge on any atom is 0.0775 e. The fraction of sp³-hybridized carbons (Fsp3) is 0.123. The molecule has 62 heavy (non-hydrogen) atoms. The van der Waals surface area contributed by atoms with Crippen molar-refractivity contribution in [1.82, 2.24) is 0 Å². The molecule has 9 rings (SSSR count). The second-order valence-electron chi connectivity index (χ2n) is 18.5. The van der Waals surface area contributed by atoms with E-state index in [4.69, 9.17) is 0 Å². The monoisotopic (exact) mass is 854 g/mol. The minimum atomic E-state index is -1.43. The van der Waals surface area contributed by atoms with Gasteiger partial charge in [-0.3, -0.25) is 0 Å². The lowest BCUT2D eigenvalue weighted by Crippen LogP contribution is -2.37. The van der Waals surface area contributed by atoms with Crippen molar-refractivity contribution in [2.75, 3.05) is 9.80 Å². The van der Waals surface area contributed by atoms with Gasteiger partial charge in [-0.25, -0.2) is 0 Å². The van der Waals surface area contributed by atoms with E-state index in [0.29, 0.717) is 0 Å². The Labute approximate surface area is 373 Å². The molecule has 0 aliphatic heterocycles. The first-order chi connectivity index (χ1) is 30.0. The predicted octanol–water partition coefficient (Wildman–Crippen LogP) is 17.1. The first-order valence-corrected chi connectivity index (χ1v) is 29.7. The molecule has 0 atom stereocenters. The molecule has 0 aliphatic carbocycles. The van der Waals surface area contributed by atoms with Gasteiger partial charge in [-0.2, -0.15) is 0 Å². The van der Waals surface area contributed by atoms with Crippen molar-refractivity contribution < 1.29 is 0 Å². The summed E-state index contributed by atoms with van der Waals surface area (Å²) in [5, 5.41) is 9.26. The highest BCUT2D eigenvalue weighted by molar-refractivity contribution is 7.27. The Bertz CT molecular complexity index is 3110. The molecule has 0 fully saturated rings. The molecule has 5 heteroatoms. The standard InChI is InChI=1S/C57H54N2SSi2/c1-8-18-43(23-17-38-61(2,3)4)58(44-19-11-9-12-20-44)46-29-26-41(27-30-46)42-28-36-52-54(39-42)50-24-15-16-25-51(50)56-53-37-33-48(40-55(53)60-57(52)56)59(45-21-13-10-14-22-45)47-31-34-49(35-32-47)62(5,6)7/h8-37,39-40H,1,38H2,2-7H3/b23-17-,43-18+. The maximum atomic E-state index is 4.07. The molecule has 2 nitrogen and oxygen atoms in total. The van der Waals surface area contributed by atoms with E-state index in [9.17, 15) is 0 Å². The van der Waals surface area contributed by atoms with Gasteiger partial charge in [0.15, 0.2) is 0 Å². The van der Waals surface area contributed by atoms with Crippen molar-refractivity contribution in [3.8, 4) is 11.1 Å². The van der Waals surface area contributed by atoms with Gasteiger partial charge >= 0.3 is 0 Å². The van der Waals surface area contributed by atoms with E-state index in [2.05, 4.69) is 244 Å². The molecule has 8 aromatic carbocycles. The number of nitrogens with zero attached hydrogens (tertiary/aromatic N) is 2. The number of anilines is 5. The van der Waals surface area contributed by atoms with Gasteiger partial charge in [-0.15, -0.1) is 11.3 Å². The van der Waals surface area contributed by atoms with Crippen LogP contribution < -0.4 is 15.0 Å². The second kappa shape index (κ2) is 16.9. The van der Waals surface area contributed by atoms with Crippen LogP contribution in [-0.4, -0.2) is 16.1 Å². The Morgan fingerprint density at radius 2 is 1.10 bits per heavy atom. The second-order valence-corrected chi connectivity index (χ2v) is 30.1. The number of benzene rings is 8. The summed E-state index contributed by atoms with van der Waals surface area (Å²) in [5.41, 5.74) is 9.21. The minimum Gasteiger partial charge on any atom is -0.311 e. The fourth-order valence-electron chi connectivity index (χ4n) is 8.58. The normalized spacial score (nSPS) is 12.5. The zero-order valence-corrected chi connectivity index (χ0v) is 39.5. The summed E-state index contributed by atoms with van der Waals surface area (Å²) in [6.45, 7) is 18.5. The topological polar surface area (TPSA) is 6.48 Å². The third-order valence-corrected chi connectivity index (χ3v) is 16.4. The van der Waals surface area contributed by atoms with E-state index in [-0.39, 0.29) is 0 Å². The van der Waals surface area contributed by atoms with Crippen LogP contribution in [0.5, 0.6) is 0 Å². The highest BCUT2D eigenvalue weighted by atomic mass is 32.1. The van der Waals surface area contributed by atoms with Crippen LogP contribution in [0.25, 0.3) is 52.8 Å². The molecule has 0 saturated heterocycles. The lowest BCUT2D eigenvalue weighted by Gasteiger charge is -2.27. The molecule has 0 bridgehead atoms. The first-order valence-electron chi connectivity index (χ1n) is 21.7. The van der Waals surface area contributed by atoms with E-state index in [1.807, 2.05) is 17.4 Å². The van der Waals surface area contributed by atoms with Gasteiger partial charge in [0, 0.05) is 67.8 Å². The molecule has 306 valence electrons. The number of hydrogen-bond donors (Lipinski definition) is 0. The zero-order chi connectivity index (χ0) is 43.0. The van der Waals surface area contributed by atoms with Gasteiger partial charge in [-0.05, 0) is 112 Å². The lowest BCUT2D eigenvalue weighted by atomic mass is 9.94. The minimum absolute atomic E-state index is 1.10. The van der Waals surface area contributed by atoms with Crippen molar-refractivity contribution in [1.29, 1.82) is 0 Å². The number of fused-ring (bicyclic) bond motifs is 8. The fourth-order valence-corrected chi connectivity index (χ4v) is 11.9. The van der Waals surface area contributed by atoms with E-state index >= 15 is 0 Å². The zero-order valence-electron chi connectivity index (χ0n) is 36.7. The average Bonchev–Trinajstić information content (AvgIpc) is 3.66. The quantitative estimate of drug-likeness (QED) is 0.0686. The van der Waals surface area contributed by atoms with Gasteiger partial charge in [0.1, 0.15) is 0 Å². The molecule has 1 aromatic heterocycles. The Morgan fingerprint density at radius 1 is 0.532 bits per heavy atom. The molecule has 1 heterocycles. The van der Waals surface area contributed by atoms with E-state index in [0.717, 1.165) is 34.5 Å². The molecular formula is C57H54N2SSi2.